The fourth-order valence-corrected chi connectivity index (χ4v) is 2.97. The summed E-state index contributed by atoms with van der Waals surface area (Å²) in [5.74, 6) is -0.168. The Labute approximate surface area is 159 Å². The topological polar surface area (TPSA) is 72.7 Å². The molecule has 0 saturated heterocycles. The van der Waals surface area contributed by atoms with Crippen LogP contribution in [0.4, 0.5) is 5.69 Å². The molecule has 0 aliphatic carbocycles. The van der Waals surface area contributed by atoms with Gasteiger partial charge >= 0.3 is 0 Å². The molecule has 134 valence electrons. The van der Waals surface area contributed by atoms with Crippen LogP contribution in [-0.4, -0.2) is 21.9 Å². The van der Waals surface area contributed by atoms with Gasteiger partial charge in [-0.3, -0.25) is 14.0 Å². The van der Waals surface area contributed by atoms with E-state index in [1.807, 2.05) is 6.07 Å². The van der Waals surface area contributed by atoms with Gasteiger partial charge in [-0.25, -0.2) is 4.98 Å². The quantitative estimate of drug-likeness (QED) is 0.736. The number of benzene rings is 1. The molecule has 0 saturated carbocycles. The van der Waals surface area contributed by atoms with Crippen LogP contribution in [0.1, 0.15) is 11.4 Å². The minimum atomic E-state index is -0.494. The SMILES string of the molecule is Cc1nc2cccc(C)n2c(=O)c1NC(=O)COc1ccc(Cl)cc1Cl. The van der Waals surface area contributed by atoms with Crippen LogP contribution in [0, 0.1) is 13.8 Å². The van der Waals surface area contributed by atoms with Crippen molar-refractivity contribution in [3.8, 4) is 5.75 Å². The molecule has 0 aliphatic rings. The number of halogens is 2. The van der Waals surface area contributed by atoms with Crippen LogP contribution in [0.25, 0.3) is 5.65 Å². The predicted octanol–water partition coefficient (Wildman–Crippen LogP) is 3.64. The van der Waals surface area contributed by atoms with E-state index in [0.29, 0.717) is 27.1 Å². The van der Waals surface area contributed by atoms with Gasteiger partial charge in [0, 0.05) is 10.7 Å². The van der Waals surface area contributed by atoms with E-state index in [2.05, 4.69) is 10.3 Å². The van der Waals surface area contributed by atoms with Crippen molar-refractivity contribution in [2.75, 3.05) is 11.9 Å². The largest absolute Gasteiger partial charge is 0.482 e. The van der Waals surface area contributed by atoms with E-state index >= 15 is 0 Å². The second-order valence-electron chi connectivity index (χ2n) is 5.65. The van der Waals surface area contributed by atoms with Crippen molar-refractivity contribution in [2.24, 2.45) is 0 Å². The summed E-state index contributed by atoms with van der Waals surface area (Å²) in [5, 5.41) is 3.33. The Morgan fingerprint density at radius 2 is 2.00 bits per heavy atom. The summed E-state index contributed by atoms with van der Waals surface area (Å²) >= 11 is 11.8. The standard InChI is InChI=1S/C18H15Cl2N3O3/c1-10-4-3-5-15-21-11(2)17(18(25)23(10)15)22-16(24)9-26-14-7-6-12(19)8-13(14)20/h3-8H,9H2,1-2H3,(H,22,24). The Balaban J connectivity index is 1.81. The number of pyridine rings is 1. The molecule has 0 fully saturated rings. The maximum absolute atomic E-state index is 12.7. The van der Waals surface area contributed by atoms with E-state index < -0.39 is 5.91 Å². The number of amides is 1. The van der Waals surface area contributed by atoms with E-state index in [1.54, 1.807) is 38.1 Å². The highest BCUT2D eigenvalue weighted by molar-refractivity contribution is 6.35. The number of hydrogen-bond acceptors (Lipinski definition) is 4. The predicted molar refractivity (Wildman–Crippen MR) is 102 cm³/mol. The average molecular weight is 392 g/mol. The van der Waals surface area contributed by atoms with Gasteiger partial charge in [0.15, 0.2) is 6.61 Å². The number of aromatic nitrogens is 2. The number of rotatable bonds is 4. The number of nitrogens with one attached hydrogen (secondary N) is 1. The molecule has 1 N–H and O–H groups in total. The molecule has 6 nitrogen and oxygen atoms in total. The summed E-state index contributed by atoms with van der Waals surface area (Å²) in [6.45, 7) is 3.15. The van der Waals surface area contributed by atoms with E-state index in [9.17, 15) is 9.59 Å². The zero-order chi connectivity index (χ0) is 18.8. The molecule has 8 heteroatoms. The molecule has 1 amide bonds. The van der Waals surface area contributed by atoms with E-state index in [-0.39, 0.29) is 17.9 Å². The molecular formula is C18H15Cl2N3O3. The third kappa shape index (κ3) is 3.66. The Morgan fingerprint density at radius 1 is 1.23 bits per heavy atom. The summed E-state index contributed by atoms with van der Waals surface area (Å²) in [6, 6.07) is 10.0. The Morgan fingerprint density at radius 3 is 2.73 bits per heavy atom. The lowest BCUT2D eigenvalue weighted by Gasteiger charge is -2.12. The highest BCUT2D eigenvalue weighted by Gasteiger charge is 2.14. The van der Waals surface area contributed by atoms with Gasteiger partial charge < -0.3 is 10.1 Å². The second-order valence-corrected chi connectivity index (χ2v) is 6.49. The fraction of sp³-hybridized carbons (Fsp3) is 0.167. The van der Waals surface area contributed by atoms with E-state index in [4.69, 9.17) is 27.9 Å². The Hall–Kier alpha value is -2.57. The number of aryl methyl sites for hydroxylation is 2. The number of anilines is 1. The molecule has 0 spiro atoms. The summed E-state index contributed by atoms with van der Waals surface area (Å²) in [4.78, 5) is 29.3. The van der Waals surface area contributed by atoms with Crippen LogP contribution in [0.15, 0.2) is 41.2 Å². The first kappa shape index (κ1) is 18.2. The minimum absolute atomic E-state index is 0.118. The van der Waals surface area contributed by atoms with E-state index in [1.165, 1.54) is 10.5 Å². The monoisotopic (exact) mass is 391 g/mol. The molecule has 3 rings (SSSR count). The summed E-state index contributed by atoms with van der Waals surface area (Å²) in [5.41, 5.74) is 1.45. The molecule has 2 aromatic heterocycles. The van der Waals surface area contributed by atoms with Gasteiger partial charge in [0.05, 0.1) is 10.7 Å². The molecular weight excluding hydrogens is 377 g/mol. The third-order valence-electron chi connectivity index (χ3n) is 3.74. The minimum Gasteiger partial charge on any atom is -0.482 e. The number of carbonyl (C=O) groups excluding carboxylic acids is 1. The molecule has 0 unspecified atom stereocenters. The van der Waals surface area contributed by atoms with Crippen molar-refractivity contribution in [3.05, 3.63) is 68.2 Å². The highest BCUT2D eigenvalue weighted by atomic mass is 35.5. The first-order valence-corrected chi connectivity index (χ1v) is 8.49. The van der Waals surface area contributed by atoms with Gasteiger partial charge in [-0.1, -0.05) is 29.3 Å². The normalized spacial score (nSPS) is 10.8. The third-order valence-corrected chi connectivity index (χ3v) is 4.27. The van der Waals surface area contributed by atoms with Crippen molar-refractivity contribution in [1.29, 1.82) is 0 Å². The van der Waals surface area contributed by atoms with Crippen LogP contribution in [0.3, 0.4) is 0 Å². The highest BCUT2D eigenvalue weighted by Crippen LogP contribution is 2.27. The molecule has 2 heterocycles. The first-order valence-electron chi connectivity index (χ1n) is 7.73. The van der Waals surface area contributed by atoms with Gasteiger partial charge in [0.25, 0.3) is 11.5 Å². The first-order chi connectivity index (χ1) is 12.4. The van der Waals surface area contributed by atoms with Gasteiger partial charge in [-0.2, -0.15) is 0 Å². The lowest BCUT2D eigenvalue weighted by Crippen LogP contribution is -2.28. The number of hydrogen-bond donors (Lipinski definition) is 1. The van der Waals surface area contributed by atoms with Gasteiger partial charge in [-0.05, 0) is 44.2 Å². The van der Waals surface area contributed by atoms with Crippen molar-refractivity contribution in [1.82, 2.24) is 9.38 Å². The summed E-state index contributed by atoms with van der Waals surface area (Å²) in [6.07, 6.45) is 0. The Kier molecular flexibility index (Phi) is 5.15. The second kappa shape index (κ2) is 7.35. The lowest BCUT2D eigenvalue weighted by atomic mass is 10.3. The zero-order valence-electron chi connectivity index (χ0n) is 14.0. The van der Waals surface area contributed by atoms with Crippen molar-refractivity contribution < 1.29 is 9.53 Å². The number of nitrogens with zero attached hydrogens (tertiary/aromatic N) is 2. The van der Waals surface area contributed by atoms with Gasteiger partial charge in [0.1, 0.15) is 17.1 Å². The molecule has 26 heavy (non-hydrogen) atoms. The van der Waals surface area contributed by atoms with Crippen molar-refractivity contribution >= 4 is 40.4 Å². The number of fused-ring (bicyclic) bond motifs is 1. The van der Waals surface area contributed by atoms with Crippen LogP contribution < -0.4 is 15.6 Å². The smallest absolute Gasteiger partial charge is 0.282 e. The number of ether oxygens (including phenoxy) is 1. The molecule has 3 aromatic rings. The fourth-order valence-electron chi connectivity index (χ4n) is 2.50. The van der Waals surface area contributed by atoms with Crippen molar-refractivity contribution in [2.45, 2.75) is 13.8 Å². The number of carbonyl (C=O) groups is 1. The van der Waals surface area contributed by atoms with Gasteiger partial charge in [0.2, 0.25) is 0 Å². The van der Waals surface area contributed by atoms with Crippen LogP contribution in [0.5, 0.6) is 5.75 Å². The van der Waals surface area contributed by atoms with Crippen LogP contribution in [-0.2, 0) is 4.79 Å². The lowest BCUT2D eigenvalue weighted by molar-refractivity contribution is -0.118. The molecule has 0 aliphatic heterocycles. The van der Waals surface area contributed by atoms with Crippen molar-refractivity contribution in [3.63, 3.8) is 0 Å². The maximum Gasteiger partial charge on any atom is 0.282 e. The van der Waals surface area contributed by atoms with Crippen LogP contribution in [0.2, 0.25) is 10.0 Å². The average Bonchev–Trinajstić information content (AvgIpc) is 2.57. The summed E-state index contributed by atoms with van der Waals surface area (Å²) < 4.78 is 6.83. The van der Waals surface area contributed by atoms with E-state index in [0.717, 1.165) is 5.69 Å². The van der Waals surface area contributed by atoms with Gasteiger partial charge in [-0.15, -0.1) is 0 Å². The molecule has 0 radical (unpaired) electrons. The summed E-state index contributed by atoms with van der Waals surface area (Å²) in [7, 11) is 0. The molecule has 0 atom stereocenters. The molecule has 0 bridgehead atoms. The Bertz CT molecular complexity index is 1060. The maximum atomic E-state index is 12.7. The zero-order valence-corrected chi connectivity index (χ0v) is 15.6. The molecule has 1 aromatic carbocycles. The van der Waals surface area contributed by atoms with Crippen LogP contribution >= 0.6 is 23.2 Å².